The normalized spacial score (nSPS) is 9.79. The quantitative estimate of drug-likeness (QED) is 0.287. The van der Waals surface area contributed by atoms with Gasteiger partial charge in [-0.1, -0.05) is 6.92 Å². The summed E-state index contributed by atoms with van der Waals surface area (Å²) in [5, 5.41) is 27.2. The number of esters is 1. The van der Waals surface area contributed by atoms with Crippen LogP contribution in [-0.4, -0.2) is 21.3 Å². The van der Waals surface area contributed by atoms with E-state index < -0.39 is 23.2 Å². The van der Waals surface area contributed by atoms with E-state index in [1.54, 1.807) is 6.92 Å². The Hall–Kier alpha value is -1.91. The Balaban J connectivity index is 2.98. The lowest BCUT2D eigenvalue weighted by Crippen LogP contribution is -2.05. The molecule has 1 rings (SSSR count). The monoisotopic (exact) mass is 198 g/mol. The second-order valence-corrected chi connectivity index (χ2v) is 2.64. The lowest BCUT2D eigenvalue weighted by molar-refractivity contribution is -0.134. The van der Waals surface area contributed by atoms with Gasteiger partial charge in [-0.25, -0.2) is 0 Å². The van der Waals surface area contributed by atoms with Crippen molar-refractivity contribution in [1.29, 1.82) is 0 Å². The Kier molecular flexibility index (Phi) is 2.81. The lowest BCUT2D eigenvalue weighted by Gasteiger charge is -2.06. The summed E-state index contributed by atoms with van der Waals surface area (Å²) in [5.74, 6) is -2.04. The van der Waals surface area contributed by atoms with Gasteiger partial charge in [0.15, 0.2) is 23.0 Å². The number of benzene rings is 1. The maximum atomic E-state index is 10.9. The highest BCUT2D eigenvalue weighted by Gasteiger charge is 2.11. The van der Waals surface area contributed by atoms with Crippen LogP contribution in [0.15, 0.2) is 12.1 Å². The maximum absolute atomic E-state index is 10.9. The number of rotatable bonds is 2. The second kappa shape index (κ2) is 3.87. The molecule has 0 aliphatic rings. The first kappa shape index (κ1) is 10.2. The second-order valence-electron chi connectivity index (χ2n) is 2.64. The molecule has 3 N–H and O–H groups in total. The van der Waals surface area contributed by atoms with Crippen LogP contribution >= 0.6 is 0 Å². The predicted molar refractivity (Wildman–Crippen MR) is 47.4 cm³/mol. The molecule has 76 valence electrons. The van der Waals surface area contributed by atoms with Crippen molar-refractivity contribution < 1.29 is 24.9 Å². The highest BCUT2D eigenvalue weighted by Crippen LogP contribution is 2.37. The fourth-order valence-corrected chi connectivity index (χ4v) is 0.823. The molecule has 0 saturated carbocycles. The van der Waals surface area contributed by atoms with Crippen LogP contribution in [0, 0.1) is 0 Å². The Morgan fingerprint density at radius 3 is 2.36 bits per heavy atom. The van der Waals surface area contributed by atoms with Crippen molar-refractivity contribution >= 4 is 5.97 Å². The van der Waals surface area contributed by atoms with E-state index in [0.717, 1.165) is 12.1 Å². The van der Waals surface area contributed by atoms with Crippen LogP contribution in [0.25, 0.3) is 0 Å². The number of hydrogen-bond acceptors (Lipinski definition) is 5. The highest BCUT2D eigenvalue weighted by atomic mass is 16.5. The zero-order valence-electron chi connectivity index (χ0n) is 7.52. The summed E-state index contributed by atoms with van der Waals surface area (Å²) in [6, 6.07) is 1.87. The molecule has 14 heavy (non-hydrogen) atoms. The molecule has 0 radical (unpaired) electrons. The van der Waals surface area contributed by atoms with Crippen molar-refractivity contribution in [2.45, 2.75) is 13.3 Å². The molecule has 5 nitrogen and oxygen atoms in total. The zero-order valence-corrected chi connectivity index (χ0v) is 7.52. The molecule has 0 aliphatic heterocycles. The molecule has 0 bridgehead atoms. The van der Waals surface area contributed by atoms with Gasteiger partial charge in [0.05, 0.1) is 0 Å². The van der Waals surface area contributed by atoms with Crippen molar-refractivity contribution in [3.8, 4) is 23.0 Å². The number of phenolic OH excluding ortho intramolecular Hbond substituents is 3. The van der Waals surface area contributed by atoms with Crippen molar-refractivity contribution in [2.75, 3.05) is 0 Å². The first-order valence-corrected chi connectivity index (χ1v) is 4.00. The summed E-state index contributed by atoms with van der Waals surface area (Å²) >= 11 is 0. The van der Waals surface area contributed by atoms with Gasteiger partial charge in [0, 0.05) is 18.6 Å². The van der Waals surface area contributed by atoms with Crippen LogP contribution in [0.1, 0.15) is 13.3 Å². The Morgan fingerprint density at radius 1 is 1.21 bits per heavy atom. The van der Waals surface area contributed by atoms with Crippen LogP contribution in [-0.2, 0) is 4.79 Å². The largest absolute Gasteiger partial charge is 0.504 e. The number of carbonyl (C=O) groups excluding carboxylic acids is 1. The lowest BCUT2D eigenvalue weighted by atomic mass is 10.3. The molecule has 0 heterocycles. The molecule has 5 heteroatoms. The third-order valence-corrected chi connectivity index (χ3v) is 1.57. The third-order valence-electron chi connectivity index (χ3n) is 1.57. The van der Waals surface area contributed by atoms with Crippen molar-refractivity contribution in [2.24, 2.45) is 0 Å². The fraction of sp³-hybridized carbons (Fsp3) is 0.222. The minimum Gasteiger partial charge on any atom is -0.504 e. The van der Waals surface area contributed by atoms with Gasteiger partial charge >= 0.3 is 5.97 Å². The zero-order chi connectivity index (χ0) is 10.7. The number of aromatic hydroxyl groups is 3. The van der Waals surface area contributed by atoms with Gasteiger partial charge in [-0.3, -0.25) is 4.79 Å². The minimum atomic E-state index is -0.537. The number of hydrogen-bond donors (Lipinski definition) is 3. The average Bonchev–Trinajstić information content (AvgIpc) is 2.14. The van der Waals surface area contributed by atoms with Gasteiger partial charge in [0.2, 0.25) is 0 Å². The summed E-state index contributed by atoms with van der Waals surface area (Å²) in [6.45, 7) is 1.60. The maximum Gasteiger partial charge on any atom is 0.311 e. The summed E-state index contributed by atoms with van der Waals surface area (Å²) in [4.78, 5) is 10.9. The van der Waals surface area contributed by atoms with Gasteiger partial charge in [-0.15, -0.1) is 0 Å². The van der Waals surface area contributed by atoms with Gasteiger partial charge in [0.1, 0.15) is 0 Å². The van der Waals surface area contributed by atoms with Crippen molar-refractivity contribution in [3.63, 3.8) is 0 Å². The van der Waals surface area contributed by atoms with Crippen LogP contribution in [0.3, 0.4) is 0 Å². The number of ether oxygens (including phenoxy) is 1. The Bertz CT molecular complexity index is 358. The molecule has 0 saturated heterocycles. The standard InChI is InChI=1S/C9H10O5/c1-2-9(13)14-8-4-6(11)5(10)3-7(8)12/h3-4,10-12H,2H2,1H3. The van der Waals surface area contributed by atoms with Crippen LogP contribution in [0.5, 0.6) is 23.0 Å². The third kappa shape index (κ3) is 2.07. The fourth-order valence-electron chi connectivity index (χ4n) is 0.823. The number of phenols is 3. The topological polar surface area (TPSA) is 87.0 Å². The molecule has 1 aromatic rings. The molecule has 0 fully saturated rings. The Morgan fingerprint density at radius 2 is 1.79 bits per heavy atom. The van der Waals surface area contributed by atoms with Gasteiger partial charge in [-0.05, 0) is 0 Å². The first-order chi connectivity index (χ1) is 6.54. The molecular weight excluding hydrogens is 188 g/mol. The van der Waals surface area contributed by atoms with Crippen LogP contribution < -0.4 is 4.74 Å². The SMILES string of the molecule is CCC(=O)Oc1cc(O)c(O)cc1O. The Labute approximate surface area is 80.2 Å². The van der Waals surface area contributed by atoms with E-state index >= 15 is 0 Å². The van der Waals surface area contributed by atoms with Gasteiger partial charge < -0.3 is 20.1 Å². The smallest absolute Gasteiger partial charge is 0.311 e. The molecule has 0 spiro atoms. The molecule has 0 aromatic heterocycles. The number of carbonyl (C=O) groups is 1. The van der Waals surface area contributed by atoms with Crippen molar-refractivity contribution in [3.05, 3.63) is 12.1 Å². The minimum absolute atomic E-state index is 0.154. The van der Waals surface area contributed by atoms with E-state index in [9.17, 15) is 9.90 Å². The van der Waals surface area contributed by atoms with E-state index in [2.05, 4.69) is 4.74 Å². The summed E-state index contributed by atoms with van der Waals surface area (Å²) in [7, 11) is 0. The molecule has 0 atom stereocenters. The average molecular weight is 198 g/mol. The van der Waals surface area contributed by atoms with E-state index in [4.69, 9.17) is 10.2 Å². The van der Waals surface area contributed by atoms with Gasteiger partial charge in [0.25, 0.3) is 0 Å². The van der Waals surface area contributed by atoms with Gasteiger partial charge in [-0.2, -0.15) is 0 Å². The van der Waals surface area contributed by atoms with E-state index in [0.29, 0.717) is 0 Å². The molecule has 1 aromatic carbocycles. The molecule has 0 amide bonds. The highest BCUT2D eigenvalue weighted by molar-refractivity contribution is 5.73. The van der Waals surface area contributed by atoms with E-state index in [-0.39, 0.29) is 12.2 Å². The summed E-state index contributed by atoms with van der Waals surface area (Å²) in [6.07, 6.45) is 0.154. The first-order valence-electron chi connectivity index (χ1n) is 4.00. The molecule has 0 aliphatic carbocycles. The molecule has 0 unspecified atom stereocenters. The van der Waals surface area contributed by atoms with E-state index in [1.807, 2.05) is 0 Å². The van der Waals surface area contributed by atoms with Crippen LogP contribution in [0.4, 0.5) is 0 Å². The summed E-state index contributed by atoms with van der Waals surface area (Å²) < 4.78 is 4.67. The summed E-state index contributed by atoms with van der Waals surface area (Å²) in [5.41, 5.74) is 0. The van der Waals surface area contributed by atoms with E-state index in [1.165, 1.54) is 0 Å². The van der Waals surface area contributed by atoms with Crippen molar-refractivity contribution in [1.82, 2.24) is 0 Å². The molecular formula is C9H10O5. The van der Waals surface area contributed by atoms with Crippen LogP contribution in [0.2, 0.25) is 0 Å². The predicted octanol–water partition coefficient (Wildman–Crippen LogP) is 1.12.